The van der Waals surface area contributed by atoms with Gasteiger partial charge in [0.15, 0.2) is 0 Å². The topological polar surface area (TPSA) is 35.9 Å². The van der Waals surface area contributed by atoms with Crippen LogP contribution in [0.2, 0.25) is 0 Å². The van der Waals surface area contributed by atoms with E-state index in [1.807, 2.05) is 12.1 Å². The lowest BCUT2D eigenvalue weighted by atomic mass is 10.1. The van der Waals surface area contributed by atoms with Gasteiger partial charge in [-0.3, -0.25) is 4.90 Å². The third kappa shape index (κ3) is 4.61. The summed E-state index contributed by atoms with van der Waals surface area (Å²) >= 11 is 0. The summed E-state index contributed by atoms with van der Waals surface area (Å²) in [4.78, 5) is 4.74. The van der Waals surface area contributed by atoms with Gasteiger partial charge in [-0.25, -0.2) is 0 Å². The summed E-state index contributed by atoms with van der Waals surface area (Å²) in [5.41, 5.74) is 1.17. The van der Waals surface area contributed by atoms with Gasteiger partial charge in [0.1, 0.15) is 5.75 Å². The molecule has 2 rings (SSSR count). The second kappa shape index (κ2) is 8.25. The Kier molecular flexibility index (Phi) is 6.33. The molecule has 1 aliphatic rings. The van der Waals surface area contributed by atoms with E-state index in [-0.39, 0.29) is 6.10 Å². The molecule has 1 aliphatic heterocycles. The SMILES string of the molecule is CCCCC(O)CN1CCN(c2ccccc2OC)CC1. The van der Waals surface area contributed by atoms with E-state index >= 15 is 0 Å². The average molecular weight is 292 g/mol. The van der Waals surface area contributed by atoms with Gasteiger partial charge < -0.3 is 14.7 Å². The zero-order valence-electron chi connectivity index (χ0n) is 13.3. The van der Waals surface area contributed by atoms with Crippen LogP contribution in [-0.4, -0.2) is 55.9 Å². The summed E-state index contributed by atoms with van der Waals surface area (Å²) in [7, 11) is 1.72. The highest BCUT2D eigenvalue weighted by Gasteiger charge is 2.20. The number of aliphatic hydroxyl groups excluding tert-OH is 1. The Labute approximate surface area is 128 Å². The number of rotatable bonds is 7. The molecule has 0 radical (unpaired) electrons. The highest BCUT2D eigenvalue weighted by atomic mass is 16.5. The Hall–Kier alpha value is -1.26. The smallest absolute Gasteiger partial charge is 0.142 e. The zero-order chi connectivity index (χ0) is 15.1. The summed E-state index contributed by atoms with van der Waals surface area (Å²) in [5, 5.41) is 10.0. The minimum atomic E-state index is -0.178. The van der Waals surface area contributed by atoms with Crippen molar-refractivity contribution in [2.75, 3.05) is 44.7 Å². The van der Waals surface area contributed by atoms with Gasteiger partial charge >= 0.3 is 0 Å². The van der Waals surface area contributed by atoms with Gasteiger partial charge in [-0.05, 0) is 18.6 Å². The summed E-state index contributed by atoms with van der Waals surface area (Å²) in [6.45, 7) is 6.95. The predicted octanol–water partition coefficient (Wildman–Crippen LogP) is 2.37. The molecule has 0 amide bonds. The van der Waals surface area contributed by atoms with E-state index in [1.54, 1.807) is 7.11 Å². The van der Waals surface area contributed by atoms with Crippen molar-refractivity contribution in [3.05, 3.63) is 24.3 Å². The predicted molar refractivity (Wildman–Crippen MR) is 87.2 cm³/mol. The molecule has 1 unspecified atom stereocenters. The summed E-state index contributed by atoms with van der Waals surface area (Å²) < 4.78 is 5.44. The molecule has 4 heteroatoms. The van der Waals surface area contributed by atoms with E-state index in [4.69, 9.17) is 4.74 Å². The van der Waals surface area contributed by atoms with Gasteiger partial charge in [-0.2, -0.15) is 0 Å². The van der Waals surface area contributed by atoms with Gasteiger partial charge in [0, 0.05) is 32.7 Å². The highest BCUT2D eigenvalue weighted by molar-refractivity contribution is 5.58. The lowest BCUT2D eigenvalue weighted by Gasteiger charge is -2.37. The number of hydrogen-bond donors (Lipinski definition) is 1. The summed E-state index contributed by atoms with van der Waals surface area (Å²) in [6, 6.07) is 8.18. The minimum Gasteiger partial charge on any atom is -0.495 e. The lowest BCUT2D eigenvalue weighted by Crippen LogP contribution is -2.48. The first-order chi connectivity index (χ1) is 10.2. The Morgan fingerprint density at radius 3 is 2.57 bits per heavy atom. The number of nitrogens with zero attached hydrogens (tertiary/aromatic N) is 2. The Balaban J connectivity index is 1.83. The zero-order valence-corrected chi connectivity index (χ0v) is 13.3. The first-order valence-electron chi connectivity index (χ1n) is 8.03. The van der Waals surface area contributed by atoms with Gasteiger partial charge in [0.05, 0.1) is 18.9 Å². The fourth-order valence-electron chi connectivity index (χ4n) is 2.89. The molecule has 1 atom stereocenters. The van der Waals surface area contributed by atoms with Crippen LogP contribution >= 0.6 is 0 Å². The first kappa shape index (κ1) is 16.1. The van der Waals surface area contributed by atoms with Crippen molar-refractivity contribution >= 4 is 5.69 Å². The highest BCUT2D eigenvalue weighted by Crippen LogP contribution is 2.28. The first-order valence-corrected chi connectivity index (χ1v) is 8.03. The Morgan fingerprint density at radius 1 is 1.19 bits per heavy atom. The van der Waals surface area contributed by atoms with E-state index in [0.29, 0.717) is 0 Å². The van der Waals surface area contributed by atoms with Crippen molar-refractivity contribution in [1.82, 2.24) is 4.90 Å². The lowest BCUT2D eigenvalue weighted by molar-refractivity contribution is 0.100. The number of unbranched alkanes of at least 4 members (excludes halogenated alkanes) is 1. The Bertz CT molecular complexity index is 417. The van der Waals surface area contributed by atoms with Crippen LogP contribution in [0.5, 0.6) is 5.75 Å². The van der Waals surface area contributed by atoms with Crippen LogP contribution < -0.4 is 9.64 Å². The van der Waals surface area contributed by atoms with Crippen LogP contribution in [-0.2, 0) is 0 Å². The maximum Gasteiger partial charge on any atom is 0.142 e. The fourth-order valence-corrected chi connectivity index (χ4v) is 2.89. The number of anilines is 1. The minimum absolute atomic E-state index is 0.178. The van der Waals surface area contributed by atoms with Crippen LogP contribution in [0, 0.1) is 0 Å². The number of piperazine rings is 1. The fraction of sp³-hybridized carbons (Fsp3) is 0.647. The molecule has 21 heavy (non-hydrogen) atoms. The molecule has 0 saturated carbocycles. The van der Waals surface area contributed by atoms with Crippen molar-refractivity contribution < 1.29 is 9.84 Å². The molecule has 1 N–H and O–H groups in total. The van der Waals surface area contributed by atoms with E-state index < -0.39 is 0 Å². The molecule has 1 aromatic rings. The number of methoxy groups -OCH3 is 1. The third-order valence-corrected chi connectivity index (χ3v) is 4.16. The molecule has 0 bridgehead atoms. The number of hydrogen-bond acceptors (Lipinski definition) is 4. The van der Waals surface area contributed by atoms with Gasteiger partial charge in [0.25, 0.3) is 0 Å². The number of ether oxygens (including phenoxy) is 1. The maximum absolute atomic E-state index is 10.0. The summed E-state index contributed by atoms with van der Waals surface area (Å²) in [6.07, 6.45) is 3.01. The molecule has 1 heterocycles. The average Bonchev–Trinajstić information content (AvgIpc) is 2.53. The molecular weight excluding hydrogens is 264 g/mol. The van der Waals surface area contributed by atoms with Crippen LogP contribution in [0.4, 0.5) is 5.69 Å². The molecular formula is C17H28N2O2. The standard InChI is InChI=1S/C17H28N2O2/c1-3-4-7-15(20)14-18-10-12-19(13-11-18)16-8-5-6-9-17(16)21-2/h5-6,8-9,15,20H,3-4,7,10-14H2,1-2H3. The van der Waals surface area contributed by atoms with E-state index in [9.17, 15) is 5.11 Å². The number of benzene rings is 1. The van der Waals surface area contributed by atoms with Crippen LogP contribution in [0.1, 0.15) is 26.2 Å². The number of para-hydroxylation sites is 2. The third-order valence-electron chi connectivity index (χ3n) is 4.16. The van der Waals surface area contributed by atoms with Crippen LogP contribution in [0.3, 0.4) is 0 Å². The normalized spacial score (nSPS) is 17.8. The van der Waals surface area contributed by atoms with Crippen molar-refractivity contribution in [3.63, 3.8) is 0 Å². The molecule has 1 fully saturated rings. The van der Waals surface area contributed by atoms with Crippen molar-refractivity contribution in [3.8, 4) is 5.75 Å². The molecule has 0 spiro atoms. The van der Waals surface area contributed by atoms with Crippen LogP contribution in [0.15, 0.2) is 24.3 Å². The van der Waals surface area contributed by atoms with Crippen molar-refractivity contribution in [1.29, 1.82) is 0 Å². The summed E-state index contributed by atoms with van der Waals surface area (Å²) in [5.74, 6) is 0.939. The maximum atomic E-state index is 10.0. The molecule has 0 aliphatic carbocycles. The number of β-amino-alcohol motifs (C(OH)–C–C–N with tert-alkyl or cyclic N) is 1. The quantitative estimate of drug-likeness (QED) is 0.837. The van der Waals surface area contributed by atoms with Crippen LogP contribution in [0.25, 0.3) is 0 Å². The molecule has 1 aromatic carbocycles. The van der Waals surface area contributed by atoms with Crippen molar-refractivity contribution in [2.45, 2.75) is 32.3 Å². The largest absolute Gasteiger partial charge is 0.495 e. The van der Waals surface area contributed by atoms with E-state index in [2.05, 4.69) is 28.9 Å². The molecule has 1 saturated heterocycles. The monoisotopic (exact) mass is 292 g/mol. The van der Waals surface area contributed by atoms with Gasteiger partial charge in [0.2, 0.25) is 0 Å². The van der Waals surface area contributed by atoms with E-state index in [0.717, 1.165) is 57.7 Å². The number of aliphatic hydroxyl groups is 1. The van der Waals surface area contributed by atoms with Crippen molar-refractivity contribution in [2.24, 2.45) is 0 Å². The second-order valence-electron chi connectivity index (χ2n) is 5.76. The molecule has 4 nitrogen and oxygen atoms in total. The molecule has 0 aromatic heterocycles. The van der Waals surface area contributed by atoms with Gasteiger partial charge in [-0.1, -0.05) is 31.9 Å². The second-order valence-corrected chi connectivity index (χ2v) is 5.76. The Morgan fingerprint density at radius 2 is 1.90 bits per heavy atom. The molecule has 118 valence electrons. The van der Waals surface area contributed by atoms with Gasteiger partial charge in [-0.15, -0.1) is 0 Å². The van der Waals surface area contributed by atoms with E-state index in [1.165, 1.54) is 5.69 Å².